The maximum atomic E-state index is 13.5. The summed E-state index contributed by atoms with van der Waals surface area (Å²) in [6.45, 7) is 2.64. The molecule has 5 nitrogen and oxygen atoms in total. The molecule has 1 saturated heterocycles. The van der Waals surface area contributed by atoms with Gasteiger partial charge in [0.05, 0.1) is 5.54 Å². The molecule has 0 aromatic heterocycles. The van der Waals surface area contributed by atoms with E-state index in [0.717, 1.165) is 5.56 Å². The second-order valence-corrected chi connectivity index (χ2v) is 6.97. The molecule has 1 aliphatic heterocycles. The third-order valence-electron chi connectivity index (χ3n) is 4.92. The molecule has 3 rings (SSSR count). The number of rotatable bonds is 5. The average Bonchev–Trinajstić information content (AvgIpc) is 2.67. The van der Waals surface area contributed by atoms with E-state index in [1.54, 1.807) is 17.0 Å². The Kier molecular flexibility index (Phi) is 5.74. The quantitative estimate of drug-likeness (QED) is 0.766. The molecule has 2 atom stereocenters. The predicted molar refractivity (Wildman–Crippen MR) is 104 cm³/mol. The summed E-state index contributed by atoms with van der Waals surface area (Å²) in [5.41, 5.74) is 0.964. The highest BCUT2D eigenvalue weighted by Crippen LogP contribution is 2.30. The first-order valence-electron chi connectivity index (χ1n) is 9.04. The van der Waals surface area contributed by atoms with Crippen molar-refractivity contribution in [2.24, 2.45) is 0 Å². The summed E-state index contributed by atoms with van der Waals surface area (Å²) in [5.74, 6) is -0.324. The van der Waals surface area contributed by atoms with E-state index in [-0.39, 0.29) is 24.6 Å². The highest BCUT2D eigenvalue weighted by Gasteiger charge is 2.39. The molecule has 1 heterocycles. The lowest BCUT2D eigenvalue weighted by Gasteiger charge is -2.43. The van der Waals surface area contributed by atoms with Gasteiger partial charge in [-0.1, -0.05) is 36.4 Å². The van der Waals surface area contributed by atoms with Crippen LogP contribution >= 0.6 is 0 Å². The lowest BCUT2D eigenvalue weighted by molar-refractivity contribution is 0.0665. The molecule has 0 aliphatic carbocycles. The zero-order valence-electron chi connectivity index (χ0n) is 15.3. The third-order valence-corrected chi connectivity index (χ3v) is 4.92. The molecular formula is C21H24FN3O2. The zero-order chi connectivity index (χ0) is 19.3. The van der Waals surface area contributed by atoms with Crippen molar-refractivity contribution in [1.82, 2.24) is 4.90 Å². The number of benzene rings is 2. The Bertz CT molecular complexity index is 799. The van der Waals surface area contributed by atoms with Crippen LogP contribution in [0.2, 0.25) is 0 Å². The molecule has 0 bridgehead atoms. The fourth-order valence-corrected chi connectivity index (χ4v) is 3.49. The molecule has 1 amide bonds. The van der Waals surface area contributed by atoms with Crippen LogP contribution in [0.3, 0.4) is 0 Å². The van der Waals surface area contributed by atoms with Crippen molar-refractivity contribution in [1.29, 1.82) is 5.41 Å². The number of carbonyl (C=O) groups excluding carboxylic acids is 1. The van der Waals surface area contributed by atoms with E-state index in [1.165, 1.54) is 18.3 Å². The summed E-state index contributed by atoms with van der Waals surface area (Å²) in [6.07, 6.45) is 2.11. The standard InChI is InChI=1S/C21H24FN3O2/c1-16-13-21(15-23,24-19-9-5-8-18(22)12-19)10-11-25(16)20(26)27-14-17-6-3-2-4-7-17/h2-9,12,15-16,23-24H,10-11,13-14H2,1H3/t16-,21-/m0/s1. The van der Waals surface area contributed by atoms with Crippen LogP contribution in [-0.2, 0) is 11.3 Å². The Balaban J connectivity index is 1.61. The van der Waals surface area contributed by atoms with E-state index in [0.29, 0.717) is 25.1 Å². The van der Waals surface area contributed by atoms with Crippen LogP contribution in [0.4, 0.5) is 14.9 Å². The van der Waals surface area contributed by atoms with Gasteiger partial charge in [0.15, 0.2) is 0 Å². The molecule has 0 radical (unpaired) electrons. The van der Waals surface area contributed by atoms with Gasteiger partial charge in [-0.05, 0) is 43.5 Å². The molecule has 2 aromatic rings. The fraction of sp³-hybridized carbons (Fsp3) is 0.333. The van der Waals surface area contributed by atoms with Gasteiger partial charge in [-0.3, -0.25) is 0 Å². The van der Waals surface area contributed by atoms with Gasteiger partial charge >= 0.3 is 6.09 Å². The van der Waals surface area contributed by atoms with Crippen LogP contribution in [0, 0.1) is 11.2 Å². The van der Waals surface area contributed by atoms with E-state index in [1.807, 2.05) is 37.3 Å². The van der Waals surface area contributed by atoms with Gasteiger partial charge in [0.2, 0.25) is 0 Å². The number of ether oxygens (including phenoxy) is 1. The molecule has 0 saturated carbocycles. The van der Waals surface area contributed by atoms with Crippen molar-refractivity contribution in [3.05, 3.63) is 66.0 Å². The van der Waals surface area contributed by atoms with Gasteiger partial charge in [0.1, 0.15) is 12.4 Å². The summed E-state index contributed by atoms with van der Waals surface area (Å²) in [4.78, 5) is 14.2. The van der Waals surface area contributed by atoms with E-state index in [4.69, 9.17) is 10.1 Å². The van der Waals surface area contributed by atoms with Crippen molar-refractivity contribution in [2.75, 3.05) is 11.9 Å². The van der Waals surface area contributed by atoms with Crippen LogP contribution in [0.5, 0.6) is 0 Å². The van der Waals surface area contributed by atoms with Gasteiger partial charge in [-0.2, -0.15) is 0 Å². The summed E-state index contributed by atoms with van der Waals surface area (Å²) < 4.78 is 18.9. The number of hydrogen-bond donors (Lipinski definition) is 2. The second kappa shape index (κ2) is 8.20. The highest BCUT2D eigenvalue weighted by molar-refractivity contribution is 5.75. The highest BCUT2D eigenvalue weighted by atomic mass is 19.1. The summed E-state index contributed by atoms with van der Waals surface area (Å²) >= 11 is 0. The van der Waals surface area contributed by atoms with Crippen molar-refractivity contribution >= 4 is 18.0 Å². The maximum absolute atomic E-state index is 13.5. The minimum atomic E-state index is -0.608. The second-order valence-electron chi connectivity index (χ2n) is 6.97. The maximum Gasteiger partial charge on any atom is 0.410 e. The zero-order valence-corrected chi connectivity index (χ0v) is 15.3. The molecule has 0 spiro atoms. The number of halogens is 1. The van der Waals surface area contributed by atoms with Crippen molar-refractivity contribution < 1.29 is 13.9 Å². The lowest BCUT2D eigenvalue weighted by Crippen LogP contribution is -2.55. The van der Waals surface area contributed by atoms with Gasteiger partial charge in [0, 0.05) is 24.5 Å². The number of hydrogen-bond acceptors (Lipinski definition) is 4. The Morgan fingerprint density at radius 2 is 2.11 bits per heavy atom. The molecule has 0 unspecified atom stereocenters. The average molecular weight is 369 g/mol. The predicted octanol–water partition coefficient (Wildman–Crippen LogP) is 4.45. The monoisotopic (exact) mass is 369 g/mol. The number of piperidine rings is 1. The van der Waals surface area contributed by atoms with E-state index >= 15 is 0 Å². The van der Waals surface area contributed by atoms with Gasteiger partial charge in [-0.15, -0.1) is 0 Å². The van der Waals surface area contributed by atoms with Crippen molar-refractivity contribution in [3.8, 4) is 0 Å². The van der Waals surface area contributed by atoms with E-state index in [2.05, 4.69) is 5.32 Å². The molecule has 27 heavy (non-hydrogen) atoms. The normalized spacial score (nSPS) is 22.1. The Hall–Kier alpha value is -2.89. The first-order chi connectivity index (χ1) is 13.0. The summed E-state index contributed by atoms with van der Waals surface area (Å²) in [7, 11) is 0. The smallest absolute Gasteiger partial charge is 0.410 e. The Morgan fingerprint density at radius 1 is 1.33 bits per heavy atom. The molecule has 2 N–H and O–H groups in total. The van der Waals surface area contributed by atoms with Crippen molar-refractivity contribution in [3.63, 3.8) is 0 Å². The molecule has 1 aliphatic rings. The number of anilines is 1. The summed E-state index contributed by atoms with van der Waals surface area (Å²) in [6, 6.07) is 15.7. The van der Waals surface area contributed by atoms with E-state index < -0.39 is 5.54 Å². The van der Waals surface area contributed by atoms with Crippen LogP contribution in [0.1, 0.15) is 25.3 Å². The minimum Gasteiger partial charge on any atom is -0.445 e. The third kappa shape index (κ3) is 4.64. The molecule has 1 fully saturated rings. The fourth-order valence-electron chi connectivity index (χ4n) is 3.49. The minimum absolute atomic E-state index is 0.107. The number of nitrogens with zero attached hydrogens (tertiary/aromatic N) is 1. The van der Waals surface area contributed by atoms with Gasteiger partial charge < -0.3 is 20.4 Å². The lowest BCUT2D eigenvalue weighted by atomic mass is 9.84. The van der Waals surface area contributed by atoms with Crippen LogP contribution in [0.25, 0.3) is 0 Å². The van der Waals surface area contributed by atoms with Gasteiger partial charge in [-0.25, -0.2) is 9.18 Å². The molecule has 6 heteroatoms. The van der Waals surface area contributed by atoms with Crippen LogP contribution in [0.15, 0.2) is 54.6 Å². The number of carbonyl (C=O) groups is 1. The van der Waals surface area contributed by atoms with E-state index in [9.17, 15) is 9.18 Å². The SMILES string of the molecule is C[C@H]1C[C@@](C=N)(Nc2cccc(F)c2)CCN1C(=O)OCc1ccccc1. The Labute approximate surface area is 158 Å². The number of amides is 1. The number of likely N-dealkylation sites (tertiary alicyclic amines) is 1. The topological polar surface area (TPSA) is 65.4 Å². The first-order valence-corrected chi connectivity index (χ1v) is 9.04. The largest absolute Gasteiger partial charge is 0.445 e. The van der Waals surface area contributed by atoms with Crippen molar-refractivity contribution in [2.45, 2.75) is 38.0 Å². The number of nitrogens with one attached hydrogen (secondary N) is 2. The first kappa shape index (κ1) is 18.9. The molecule has 142 valence electrons. The Morgan fingerprint density at radius 3 is 2.78 bits per heavy atom. The molecule has 2 aromatic carbocycles. The summed E-state index contributed by atoms with van der Waals surface area (Å²) in [5, 5.41) is 11.2. The molecular weight excluding hydrogens is 345 g/mol. The van der Waals surface area contributed by atoms with Crippen LogP contribution < -0.4 is 5.32 Å². The van der Waals surface area contributed by atoms with Gasteiger partial charge in [0.25, 0.3) is 0 Å². The van der Waals surface area contributed by atoms with Crippen LogP contribution in [-0.4, -0.2) is 35.3 Å².